The fourth-order valence-electron chi connectivity index (χ4n) is 1.42. The molecule has 0 saturated heterocycles. The second kappa shape index (κ2) is 5.91. The van der Waals surface area contributed by atoms with Crippen molar-refractivity contribution in [2.75, 3.05) is 0 Å². The Morgan fingerprint density at radius 2 is 1.38 bits per heavy atom. The average molecular weight is 348 g/mol. The van der Waals surface area contributed by atoms with Gasteiger partial charge in [0.15, 0.2) is 0 Å². The van der Waals surface area contributed by atoms with Crippen LogP contribution in [0.3, 0.4) is 0 Å². The van der Waals surface area contributed by atoms with Crippen LogP contribution in [0.15, 0.2) is 18.2 Å². The Morgan fingerprint density at radius 1 is 0.905 bits per heavy atom. The largest absolute Gasteiger partial charge is 0.455 e. The van der Waals surface area contributed by atoms with Gasteiger partial charge in [0, 0.05) is 0 Å². The van der Waals surface area contributed by atoms with E-state index < -0.39 is 41.3 Å². The summed E-state index contributed by atoms with van der Waals surface area (Å²) >= 11 is 0. The summed E-state index contributed by atoms with van der Waals surface area (Å²) < 4.78 is 113. The van der Waals surface area contributed by atoms with Crippen LogP contribution in [0.1, 0.15) is 17.2 Å². The highest BCUT2D eigenvalue weighted by Gasteiger charge is 2.62. The van der Waals surface area contributed by atoms with Gasteiger partial charge in [-0.25, -0.2) is 4.39 Å². The first-order valence-corrected chi connectivity index (χ1v) is 4.85. The zero-order valence-corrected chi connectivity index (χ0v) is 10.5. The zero-order valence-electron chi connectivity index (χ0n) is 9.70. The first kappa shape index (κ1) is 19.8. The van der Waals surface area contributed by atoms with E-state index in [9.17, 15) is 39.5 Å². The molecule has 0 spiro atoms. The first-order valence-electron chi connectivity index (χ1n) is 4.85. The van der Waals surface area contributed by atoms with Gasteiger partial charge in [0.25, 0.3) is 0 Å². The highest BCUT2D eigenvalue weighted by atomic mass is 35.5. The topological polar surface area (TPSA) is 26.0 Å². The normalized spacial score (nSPS) is 14.6. The molecule has 0 unspecified atom stereocenters. The fraction of sp³-hybridized carbons (Fsp3) is 0.400. The molecule has 1 nitrogen and oxygen atoms in total. The summed E-state index contributed by atoms with van der Waals surface area (Å²) in [5, 5.41) is 0. The lowest BCUT2D eigenvalue weighted by atomic mass is 9.95. The van der Waals surface area contributed by atoms with Crippen LogP contribution in [-0.2, 0) is 6.18 Å². The van der Waals surface area contributed by atoms with Gasteiger partial charge in [0.05, 0.1) is 5.56 Å². The monoisotopic (exact) mass is 347 g/mol. The van der Waals surface area contributed by atoms with Crippen molar-refractivity contribution < 1.29 is 39.5 Å². The van der Waals surface area contributed by atoms with E-state index in [1.165, 1.54) is 0 Å². The number of halogens is 10. The Hall–Kier alpha value is -1.16. The Bertz CT molecular complexity index is 494. The number of rotatable bonds is 2. The molecule has 122 valence electrons. The lowest BCUT2D eigenvalue weighted by Gasteiger charge is -2.27. The first-order chi connectivity index (χ1) is 8.78. The Morgan fingerprint density at radius 3 is 1.76 bits per heavy atom. The van der Waals surface area contributed by atoms with Gasteiger partial charge in [-0.05, 0) is 17.7 Å². The van der Waals surface area contributed by atoms with E-state index in [4.69, 9.17) is 0 Å². The number of hydrogen-bond acceptors (Lipinski definition) is 1. The molecule has 0 aromatic heterocycles. The average Bonchev–Trinajstić information content (AvgIpc) is 2.25. The lowest BCUT2D eigenvalue weighted by Crippen LogP contribution is -2.46. The second-order valence-electron chi connectivity index (χ2n) is 3.83. The third kappa shape index (κ3) is 3.94. The van der Waals surface area contributed by atoms with Crippen LogP contribution >= 0.6 is 12.4 Å². The summed E-state index contributed by atoms with van der Waals surface area (Å²) in [4.78, 5) is 0. The van der Waals surface area contributed by atoms with Gasteiger partial charge < -0.3 is 5.73 Å². The van der Waals surface area contributed by atoms with Gasteiger partial charge in [0.2, 0.25) is 0 Å². The maximum absolute atomic E-state index is 13.0. The zero-order chi connectivity index (χ0) is 15.9. The molecule has 1 atom stereocenters. The van der Waals surface area contributed by atoms with E-state index >= 15 is 0 Å². The smallest absolute Gasteiger partial charge is 0.319 e. The molecule has 0 bridgehead atoms. The van der Waals surface area contributed by atoms with Crippen LogP contribution in [0.4, 0.5) is 39.5 Å². The summed E-state index contributed by atoms with van der Waals surface area (Å²) in [7, 11) is 0. The minimum absolute atomic E-state index is 0. The van der Waals surface area contributed by atoms with Crippen molar-refractivity contribution in [3.8, 4) is 0 Å². The lowest BCUT2D eigenvalue weighted by molar-refractivity contribution is -0.291. The van der Waals surface area contributed by atoms with Crippen LogP contribution in [0.2, 0.25) is 0 Å². The molecule has 11 heteroatoms. The molecule has 1 aromatic carbocycles. The van der Waals surface area contributed by atoms with E-state index in [-0.39, 0.29) is 24.5 Å². The standard InChI is InChI=1S/C10H6F9N.ClH/c11-4-1-2-5(6(3-4)9(14,15)16)7(20)8(12,13)10(17,18)19;/h1-3,7H,20H2;1H/t7-;/m0./s1. The molecule has 2 N–H and O–H groups in total. The van der Waals surface area contributed by atoms with Crippen LogP contribution in [0, 0.1) is 5.82 Å². The van der Waals surface area contributed by atoms with Crippen molar-refractivity contribution in [3.63, 3.8) is 0 Å². The molecule has 21 heavy (non-hydrogen) atoms. The van der Waals surface area contributed by atoms with Crippen molar-refractivity contribution in [2.45, 2.75) is 24.3 Å². The van der Waals surface area contributed by atoms with Crippen molar-refractivity contribution in [2.24, 2.45) is 5.73 Å². The quantitative estimate of drug-likeness (QED) is 0.785. The molecule has 0 saturated carbocycles. The highest BCUT2D eigenvalue weighted by molar-refractivity contribution is 5.85. The Labute approximate surface area is 118 Å². The van der Waals surface area contributed by atoms with Crippen LogP contribution in [0.5, 0.6) is 0 Å². The molecule has 1 rings (SSSR count). The summed E-state index contributed by atoms with van der Waals surface area (Å²) in [5.41, 5.74) is 1.10. The van der Waals surface area contributed by atoms with Crippen molar-refractivity contribution in [1.82, 2.24) is 0 Å². The molecular weight excluding hydrogens is 341 g/mol. The SMILES string of the molecule is Cl.N[C@@H](c1ccc(F)cc1C(F)(F)F)C(F)(F)C(F)(F)F. The van der Waals surface area contributed by atoms with Crippen molar-refractivity contribution in [3.05, 3.63) is 35.1 Å². The fourth-order valence-corrected chi connectivity index (χ4v) is 1.42. The number of benzene rings is 1. The summed E-state index contributed by atoms with van der Waals surface area (Å²) in [6.07, 6.45) is -11.5. The third-order valence-corrected chi connectivity index (χ3v) is 2.42. The van der Waals surface area contributed by atoms with E-state index in [0.717, 1.165) is 0 Å². The molecule has 1 aromatic rings. The van der Waals surface area contributed by atoms with Gasteiger partial charge in [0.1, 0.15) is 11.9 Å². The van der Waals surface area contributed by atoms with E-state index in [0.29, 0.717) is 6.07 Å². The highest BCUT2D eigenvalue weighted by Crippen LogP contribution is 2.46. The van der Waals surface area contributed by atoms with Gasteiger partial charge in [-0.15, -0.1) is 12.4 Å². The second-order valence-corrected chi connectivity index (χ2v) is 3.83. The van der Waals surface area contributed by atoms with Crippen molar-refractivity contribution >= 4 is 12.4 Å². The van der Waals surface area contributed by atoms with Gasteiger partial charge >= 0.3 is 18.3 Å². The van der Waals surface area contributed by atoms with E-state index in [1.54, 1.807) is 0 Å². The number of alkyl halides is 8. The minimum atomic E-state index is -6.14. The van der Waals surface area contributed by atoms with E-state index in [2.05, 4.69) is 5.73 Å². The number of nitrogens with two attached hydrogens (primary N) is 1. The molecule has 0 amide bonds. The molecule has 0 aliphatic rings. The third-order valence-electron chi connectivity index (χ3n) is 2.42. The van der Waals surface area contributed by atoms with Gasteiger partial charge in [-0.1, -0.05) is 6.07 Å². The Balaban J connectivity index is 0.00000400. The van der Waals surface area contributed by atoms with Gasteiger partial charge in [-0.2, -0.15) is 35.1 Å². The Kier molecular flexibility index (Phi) is 5.59. The van der Waals surface area contributed by atoms with Gasteiger partial charge in [-0.3, -0.25) is 0 Å². The van der Waals surface area contributed by atoms with Crippen LogP contribution in [0.25, 0.3) is 0 Å². The van der Waals surface area contributed by atoms with Crippen LogP contribution in [-0.4, -0.2) is 12.1 Å². The molecule has 0 fully saturated rings. The molecule has 0 heterocycles. The minimum Gasteiger partial charge on any atom is -0.319 e. The molecule has 0 aliphatic carbocycles. The summed E-state index contributed by atoms with van der Waals surface area (Å²) in [5.74, 6) is -7.03. The summed E-state index contributed by atoms with van der Waals surface area (Å²) in [6.45, 7) is 0. The molecular formula is C10H7ClF9N. The molecule has 0 aliphatic heterocycles. The predicted octanol–water partition coefficient (Wildman–Crippen LogP) is 4.46. The maximum atomic E-state index is 13.0. The number of hydrogen-bond donors (Lipinski definition) is 1. The predicted molar refractivity (Wildman–Crippen MR) is 56.6 cm³/mol. The van der Waals surface area contributed by atoms with E-state index in [1.807, 2.05) is 0 Å². The molecule has 0 radical (unpaired) electrons. The van der Waals surface area contributed by atoms with Crippen molar-refractivity contribution in [1.29, 1.82) is 0 Å². The summed E-state index contributed by atoms with van der Waals surface area (Å²) in [6, 6.07) is -3.03. The van der Waals surface area contributed by atoms with Crippen LogP contribution < -0.4 is 5.73 Å². The maximum Gasteiger partial charge on any atom is 0.455 e.